The summed E-state index contributed by atoms with van der Waals surface area (Å²) in [5.74, 6) is 0.417. The Hall–Kier alpha value is -3.81. The zero-order valence-corrected chi connectivity index (χ0v) is 21.8. The molecule has 0 saturated carbocycles. The first-order valence-corrected chi connectivity index (χ1v) is 11.8. The van der Waals surface area contributed by atoms with Gasteiger partial charge in [0.2, 0.25) is 0 Å². The number of carbonyl (C=O) groups is 2. The number of alkyl carbamates (subject to hydrolysis) is 1. The first kappa shape index (κ1) is 26.8. The average Bonchev–Trinajstić information content (AvgIpc) is 2.78. The molecule has 0 aliphatic carbocycles. The Labute approximate surface area is 210 Å². The van der Waals surface area contributed by atoms with Gasteiger partial charge in [-0.2, -0.15) is 0 Å². The highest BCUT2D eigenvalue weighted by atomic mass is 16.6. The molecule has 0 saturated heterocycles. The zero-order valence-electron chi connectivity index (χ0n) is 21.8. The molecule has 0 radical (unpaired) electrons. The highest BCUT2D eigenvalue weighted by Crippen LogP contribution is 2.34. The molecule has 1 atom stereocenters. The van der Waals surface area contributed by atoms with Crippen LogP contribution in [0.2, 0.25) is 0 Å². The van der Waals surface area contributed by atoms with Gasteiger partial charge in [0.1, 0.15) is 28.7 Å². The first-order chi connectivity index (χ1) is 16.9. The summed E-state index contributed by atoms with van der Waals surface area (Å²) in [4.78, 5) is 37.7. The number of methoxy groups -OCH3 is 1. The molecule has 0 bridgehead atoms. The topological polar surface area (TPSA) is 104 Å². The number of aryl methyl sites for hydroxylation is 1. The van der Waals surface area contributed by atoms with Crippen molar-refractivity contribution in [3.8, 4) is 22.6 Å². The van der Waals surface area contributed by atoms with Crippen molar-refractivity contribution in [1.82, 2.24) is 5.32 Å². The van der Waals surface area contributed by atoms with Crippen molar-refractivity contribution in [2.24, 2.45) is 5.92 Å². The van der Waals surface area contributed by atoms with E-state index in [1.165, 1.54) is 6.07 Å². The first-order valence-electron chi connectivity index (χ1n) is 11.8. The zero-order chi connectivity index (χ0) is 26.6. The van der Waals surface area contributed by atoms with Crippen molar-refractivity contribution in [2.45, 2.75) is 59.6 Å². The molecule has 2 aromatic carbocycles. The second-order valence-corrected chi connectivity index (χ2v) is 10.0. The summed E-state index contributed by atoms with van der Waals surface area (Å²) in [5, 5.41) is 3.31. The third-order valence-corrected chi connectivity index (χ3v) is 5.41. The van der Waals surface area contributed by atoms with Gasteiger partial charge in [-0.1, -0.05) is 26.0 Å². The van der Waals surface area contributed by atoms with E-state index in [0.717, 1.165) is 5.56 Å². The van der Waals surface area contributed by atoms with Gasteiger partial charge < -0.3 is 23.9 Å². The van der Waals surface area contributed by atoms with Crippen LogP contribution in [0.25, 0.3) is 22.1 Å². The Kier molecular flexibility index (Phi) is 8.07. The summed E-state index contributed by atoms with van der Waals surface area (Å²) in [6.45, 7) is 10.8. The fourth-order valence-corrected chi connectivity index (χ4v) is 3.78. The molecule has 0 fully saturated rings. The minimum absolute atomic E-state index is 0.111. The second kappa shape index (κ2) is 10.8. The molecule has 1 amide bonds. The molecule has 36 heavy (non-hydrogen) atoms. The number of carbonyl (C=O) groups excluding carboxylic acids is 2. The molecule has 0 aliphatic rings. The van der Waals surface area contributed by atoms with E-state index in [0.29, 0.717) is 34.3 Å². The molecular weight excluding hydrogens is 462 g/mol. The van der Waals surface area contributed by atoms with E-state index in [1.54, 1.807) is 46.9 Å². The highest BCUT2D eigenvalue weighted by Gasteiger charge is 2.27. The quantitative estimate of drug-likeness (QED) is 0.258. The van der Waals surface area contributed by atoms with Crippen molar-refractivity contribution in [1.29, 1.82) is 0 Å². The molecule has 1 heterocycles. The Morgan fingerprint density at radius 1 is 1.06 bits per heavy atom. The maximum Gasteiger partial charge on any atom is 0.408 e. The van der Waals surface area contributed by atoms with E-state index in [4.69, 9.17) is 18.6 Å². The van der Waals surface area contributed by atoms with Gasteiger partial charge in [0.25, 0.3) is 0 Å². The maximum absolute atomic E-state index is 13.1. The second-order valence-electron chi connectivity index (χ2n) is 10.0. The summed E-state index contributed by atoms with van der Waals surface area (Å²) in [7, 11) is 1.59. The number of benzene rings is 2. The van der Waals surface area contributed by atoms with E-state index < -0.39 is 29.3 Å². The summed E-state index contributed by atoms with van der Waals surface area (Å²) in [5.41, 5.74) is 1.09. The van der Waals surface area contributed by atoms with Crippen molar-refractivity contribution < 1.29 is 28.2 Å². The normalized spacial score (nSPS) is 12.3. The monoisotopic (exact) mass is 495 g/mol. The van der Waals surface area contributed by atoms with Gasteiger partial charge in [-0.25, -0.2) is 14.4 Å². The minimum atomic E-state index is -0.910. The standard InChI is InChI=1S/C28H33NO7/c1-16(2)14-22(29-27(32)36-28(4,5)6)26(31)34-23-13-12-20-21(15-24(30)35-25(20)17(23)3)18-8-10-19(33-7)11-9-18/h8-13,15-16,22H,14H2,1-7H3,(H,29,32). The number of hydrogen-bond donors (Lipinski definition) is 1. The van der Waals surface area contributed by atoms with Crippen molar-refractivity contribution in [3.05, 3.63) is 58.4 Å². The third-order valence-electron chi connectivity index (χ3n) is 5.41. The smallest absolute Gasteiger partial charge is 0.408 e. The van der Waals surface area contributed by atoms with Crippen LogP contribution in [-0.4, -0.2) is 30.8 Å². The van der Waals surface area contributed by atoms with Crippen molar-refractivity contribution in [3.63, 3.8) is 0 Å². The van der Waals surface area contributed by atoms with Crippen LogP contribution in [0.3, 0.4) is 0 Å². The number of fused-ring (bicyclic) bond motifs is 1. The molecule has 0 aliphatic heterocycles. The average molecular weight is 496 g/mol. The molecule has 3 rings (SSSR count). The van der Waals surface area contributed by atoms with E-state index in [9.17, 15) is 14.4 Å². The van der Waals surface area contributed by atoms with Crippen LogP contribution in [0.5, 0.6) is 11.5 Å². The lowest BCUT2D eigenvalue weighted by Crippen LogP contribution is -2.45. The third kappa shape index (κ3) is 6.65. The number of hydrogen-bond acceptors (Lipinski definition) is 7. The van der Waals surface area contributed by atoms with E-state index in [-0.39, 0.29) is 11.7 Å². The van der Waals surface area contributed by atoms with Gasteiger partial charge in [0.15, 0.2) is 0 Å². The number of esters is 1. The van der Waals surface area contributed by atoms with Crippen LogP contribution in [0.15, 0.2) is 51.7 Å². The number of amides is 1. The fourth-order valence-electron chi connectivity index (χ4n) is 3.78. The highest BCUT2D eigenvalue weighted by molar-refractivity contribution is 5.96. The molecule has 1 N–H and O–H groups in total. The Balaban J connectivity index is 1.93. The summed E-state index contributed by atoms with van der Waals surface area (Å²) < 4.78 is 21.7. The summed E-state index contributed by atoms with van der Waals surface area (Å²) >= 11 is 0. The van der Waals surface area contributed by atoms with E-state index in [1.807, 2.05) is 38.1 Å². The van der Waals surface area contributed by atoms with Crippen LogP contribution in [0.1, 0.15) is 46.6 Å². The predicted molar refractivity (Wildman–Crippen MR) is 137 cm³/mol. The summed E-state index contributed by atoms with van der Waals surface area (Å²) in [6, 6.07) is 11.3. The van der Waals surface area contributed by atoms with Gasteiger partial charge in [-0.05, 0) is 75.4 Å². The van der Waals surface area contributed by atoms with Crippen molar-refractivity contribution in [2.75, 3.05) is 7.11 Å². The number of rotatable bonds is 7. The van der Waals surface area contributed by atoms with Gasteiger partial charge in [0.05, 0.1) is 7.11 Å². The van der Waals surface area contributed by atoms with E-state index >= 15 is 0 Å². The molecular formula is C28H33NO7. The van der Waals surface area contributed by atoms with Gasteiger partial charge in [-0.15, -0.1) is 0 Å². The lowest BCUT2D eigenvalue weighted by Gasteiger charge is -2.24. The number of ether oxygens (including phenoxy) is 3. The van der Waals surface area contributed by atoms with Crippen LogP contribution >= 0.6 is 0 Å². The van der Waals surface area contributed by atoms with Gasteiger partial charge >= 0.3 is 17.7 Å². The number of nitrogens with one attached hydrogen (secondary N) is 1. The summed E-state index contributed by atoms with van der Waals surface area (Å²) in [6.07, 6.45) is -0.336. The molecule has 8 nitrogen and oxygen atoms in total. The molecule has 3 aromatic rings. The largest absolute Gasteiger partial charge is 0.497 e. The maximum atomic E-state index is 13.1. The molecule has 1 unspecified atom stereocenters. The van der Waals surface area contributed by atoms with E-state index in [2.05, 4.69) is 5.32 Å². The molecule has 8 heteroatoms. The Bertz CT molecular complexity index is 1300. The SMILES string of the molecule is COc1ccc(-c2cc(=O)oc3c(C)c(OC(=O)C(CC(C)C)NC(=O)OC(C)(C)C)ccc23)cc1. The predicted octanol–water partition coefficient (Wildman–Crippen LogP) is 5.62. The lowest BCUT2D eigenvalue weighted by molar-refractivity contribution is -0.137. The van der Waals surface area contributed by atoms with Crippen LogP contribution < -0.4 is 20.4 Å². The van der Waals surface area contributed by atoms with Crippen LogP contribution in [0.4, 0.5) is 4.79 Å². The molecule has 1 aromatic heterocycles. The van der Waals surface area contributed by atoms with Crippen LogP contribution in [-0.2, 0) is 9.53 Å². The fraction of sp³-hybridized carbons (Fsp3) is 0.393. The lowest BCUT2D eigenvalue weighted by atomic mass is 10.00. The van der Waals surface area contributed by atoms with Gasteiger partial charge in [-0.3, -0.25) is 0 Å². The Morgan fingerprint density at radius 3 is 2.31 bits per heavy atom. The van der Waals surface area contributed by atoms with Crippen molar-refractivity contribution >= 4 is 23.0 Å². The molecule has 192 valence electrons. The minimum Gasteiger partial charge on any atom is -0.497 e. The van der Waals surface area contributed by atoms with Gasteiger partial charge in [0, 0.05) is 17.0 Å². The molecule has 0 spiro atoms. The van der Waals surface area contributed by atoms with Crippen LogP contribution in [0, 0.1) is 12.8 Å². The Morgan fingerprint density at radius 2 is 1.72 bits per heavy atom.